The van der Waals surface area contributed by atoms with Gasteiger partial charge in [0.05, 0.1) is 30.0 Å². The molecule has 0 spiro atoms. The second-order valence-corrected chi connectivity index (χ2v) is 1.26. The minimum absolute atomic E-state index is 0.219. The molecule has 0 aromatic carbocycles. The zero-order chi connectivity index (χ0) is 15.9. The second kappa shape index (κ2) is 7.07. The molecule has 0 aliphatic carbocycles. The zero-order valence-corrected chi connectivity index (χ0v) is 10.1. The van der Waals surface area contributed by atoms with Gasteiger partial charge in [0, 0.05) is 13.0 Å². The summed E-state index contributed by atoms with van der Waals surface area (Å²) in [6.07, 6.45) is 0. The Morgan fingerprint density at radius 3 is 2.45 bits per heavy atom. The van der Waals surface area contributed by atoms with Gasteiger partial charge in [0.25, 0.3) is 0 Å². The Labute approximate surface area is 94.7 Å². The summed E-state index contributed by atoms with van der Waals surface area (Å²) in [5.41, 5.74) is 0. The molecule has 0 saturated carbocycles. The number of carbonyl (C=O) groups is 1. The summed E-state index contributed by atoms with van der Waals surface area (Å²) in [5, 5.41) is 0. The first-order chi connectivity index (χ1) is 8.27. The quantitative estimate of drug-likeness (QED) is 0.479. The molecule has 1 heterocycles. The van der Waals surface area contributed by atoms with Crippen LogP contribution in [0.1, 0.15) is 11.0 Å². The number of halogens is 1. The van der Waals surface area contributed by atoms with E-state index >= 15 is 0 Å². The predicted octanol–water partition coefficient (Wildman–Crippen LogP) is 0.522. The van der Waals surface area contributed by atoms with Crippen molar-refractivity contribution in [1.82, 2.24) is 4.90 Å². The molecule has 0 N–H and O–H groups in total. The maximum atomic E-state index is 11.2. The molecule has 0 aromatic heterocycles. The Morgan fingerprint density at radius 1 is 1.64 bits per heavy atom. The van der Waals surface area contributed by atoms with Crippen molar-refractivity contribution in [1.29, 1.82) is 0 Å². The van der Waals surface area contributed by atoms with Crippen molar-refractivity contribution in [3.8, 4) is 0 Å². The number of rotatable bonds is 0. The van der Waals surface area contributed by atoms with Gasteiger partial charge in [0.1, 0.15) is 0 Å². The average Bonchev–Trinajstić information content (AvgIpc) is 2.15. The van der Waals surface area contributed by atoms with Crippen molar-refractivity contribution in [2.75, 3.05) is 26.1 Å². The molecule has 0 radical (unpaired) electrons. The first-order valence-corrected chi connectivity index (χ1v) is 9.35. The van der Waals surface area contributed by atoms with E-state index in [-0.39, 0.29) is 4.90 Å². The molecule has 1 saturated heterocycles. The number of amides is 1. The number of carbonyl (C=O) groups excluding carboxylic acids is 1. The van der Waals surface area contributed by atoms with Gasteiger partial charge in [0.2, 0.25) is 0 Å². The van der Waals surface area contributed by atoms with E-state index in [1.54, 1.807) is 0 Å². The molecule has 60 valence electrons. The van der Waals surface area contributed by atoms with E-state index < -0.39 is 32.0 Å². The van der Waals surface area contributed by atoms with Crippen molar-refractivity contribution >= 4 is 19.5 Å². The Kier molecular flexibility index (Phi) is 2.34. The van der Waals surface area contributed by atoms with Gasteiger partial charge >= 0.3 is 30.0 Å². The molecule has 1 aliphatic rings. The average molecular weight is 281 g/mol. The number of morpholine rings is 1. The fraction of sp³-hybridized carbons (Fsp3) is 0.667. The summed E-state index contributed by atoms with van der Waals surface area (Å²) < 4.78 is 62.6. The summed E-state index contributed by atoms with van der Waals surface area (Å²) in [6.45, 7) is -9.95. The van der Waals surface area contributed by atoms with Crippen LogP contribution in [-0.2, 0) is 25.9 Å². The molecule has 1 amide bonds. The molecule has 5 heteroatoms. The first-order valence-electron chi connectivity index (χ1n) is 6.40. The monoisotopic (exact) mass is 279 g/mol. The van der Waals surface area contributed by atoms with Gasteiger partial charge in [-0.3, -0.25) is 0 Å². The van der Waals surface area contributed by atoms with E-state index in [0.29, 0.717) is 0 Å². The Hall–Kier alpha value is 0.403. The third kappa shape index (κ3) is 4.78. The van der Waals surface area contributed by atoms with Gasteiger partial charge < -0.3 is 21.4 Å². The van der Waals surface area contributed by atoms with Gasteiger partial charge in [-0.15, -0.1) is 0 Å². The van der Waals surface area contributed by atoms with Gasteiger partial charge in [-0.25, -0.2) is 0 Å². The second-order valence-electron chi connectivity index (χ2n) is 1.26. The molecule has 1 rings (SSSR count). The fourth-order valence-corrected chi connectivity index (χ4v) is 0.315. The molecule has 0 aromatic rings. The summed E-state index contributed by atoms with van der Waals surface area (Å²) in [6, 6.07) is 0. The Morgan fingerprint density at radius 2 is 2.09 bits per heavy atom. The van der Waals surface area contributed by atoms with E-state index in [9.17, 15) is 4.79 Å². The summed E-state index contributed by atoms with van der Waals surface area (Å²) >= 11 is 4.25. The normalized spacial score (nSPS) is 45.9. The number of hydrogen-bond acceptors (Lipinski definition) is 2. The van der Waals surface area contributed by atoms with Crippen molar-refractivity contribution in [3.05, 3.63) is 6.92 Å². The van der Waals surface area contributed by atoms with Crippen molar-refractivity contribution in [3.63, 3.8) is 0 Å². The van der Waals surface area contributed by atoms with Crippen LogP contribution < -0.4 is 0 Å². The summed E-state index contributed by atoms with van der Waals surface area (Å²) in [4.78, 5) is 10.9. The Balaban J connectivity index is 0.00000154. The number of hydrogen-bond donors (Lipinski definition) is 0. The van der Waals surface area contributed by atoms with Gasteiger partial charge in [-0.2, -0.15) is 0 Å². The molecular weight excluding hydrogens is 263 g/mol. The standard InChI is InChI=1S/C6H10NO2.BrH.Zn/c1-6(8)7-2-4-9-5-3-7;;/h1-5H2;1H;/q-1;;+2/p-1/i2D2,3D2,4D2,5D2;;. The van der Waals surface area contributed by atoms with Crippen molar-refractivity contribution in [2.45, 2.75) is 0 Å². The molecule has 0 unspecified atom stereocenters. The van der Waals surface area contributed by atoms with Crippen LogP contribution >= 0.6 is 13.6 Å². The molecule has 1 aliphatic heterocycles. The molecular formula is C6H10BrNO2Zn. The van der Waals surface area contributed by atoms with E-state index in [2.05, 4.69) is 25.3 Å². The van der Waals surface area contributed by atoms with E-state index in [1.807, 2.05) is 0 Å². The molecule has 1 fully saturated rings. The molecule has 0 bridgehead atoms. The summed E-state index contributed by atoms with van der Waals surface area (Å²) in [5.74, 6) is -1.38. The van der Waals surface area contributed by atoms with Crippen LogP contribution in [0, 0.1) is 6.92 Å². The van der Waals surface area contributed by atoms with E-state index in [1.165, 1.54) is 16.3 Å². The first kappa shape index (κ1) is 3.64. The van der Waals surface area contributed by atoms with Crippen LogP contribution in [0.25, 0.3) is 0 Å². The van der Waals surface area contributed by atoms with Crippen LogP contribution in [0.3, 0.4) is 0 Å². The third-order valence-corrected chi connectivity index (χ3v) is 0.666. The molecule has 11 heavy (non-hydrogen) atoms. The molecule has 3 nitrogen and oxygen atoms in total. The fourth-order valence-electron chi connectivity index (χ4n) is 0.315. The third-order valence-electron chi connectivity index (χ3n) is 0.666. The van der Waals surface area contributed by atoms with Crippen LogP contribution in [-0.4, -0.2) is 36.9 Å². The number of ether oxygens (including phenoxy) is 1. The van der Waals surface area contributed by atoms with E-state index in [0.717, 1.165) is 0 Å². The summed E-state index contributed by atoms with van der Waals surface area (Å²) in [7, 11) is 0. The topological polar surface area (TPSA) is 29.5 Å². The van der Waals surface area contributed by atoms with Crippen LogP contribution in [0.5, 0.6) is 0 Å². The molecule has 0 atom stereocenters. The van der Waals surface area contributed by atoms with Crippen LogP contribution in [0.4, 0.5) is 0 Å². The van der Waals surface area contributed by atoms with Gasteiger partial charge in [-0.05, 0) is 0 Å². The van der Waals surface area contributed by atoms with Gasteiger partial charge in [-0.1, -0.05) is 0 Å². The van der Waals surface area contributed by atoms with E-state index in [4.69, 9.17) is 11.0 Å². The van der Waals surface area contributed by atoms with Crippen LogP contribution in [0.2, 0.25) is 0 Å². The SMILES string of the molecule is [2H]C1([2H])OC([2H])([2H])C([2H])([2H])N(C([CH2-])=O)C1([2H])[2H].[Zn+][Br]. The maximum absolute atomic E-state index is 11.2. The van der Waals surface area contributed by atoms with Crippen molar-refractivity contribution < 1.29 is 36.8 Å². The van der Waals surface area contributed by atoms with Crippen molar-refractivity contribution in [2.24, 2.45) is 0 Å². The van der Waals surface area contributed by atoms with Gasteiger partial charge in [0.15, 0.2) is 0 Å². The zero-order valence-electron chi connectivity index (χ0n) is 13.6. The number of nitrogens with zero attached hydrogens (tertiary/aromatic N) is 1. The Bertz CT molecular complexity index is 339. The van der Waals surface area contributed by atoms with Crippen LogP contribution in [0.15, 0.2) is 0 Å². The minimum atomic E-state index is -3.20. The predicted molar refractivity (Wildman–Crippen MR) is 41.7 cm³/mol.